The summed E-state index contributed by atoms with van der Waals surface area (Å²) < 4.78 is 39.8. The van der Waals surface area contributed by atoms with E-state index in [9.17, 15) is 14.0 Å². The molecule has 4 bridgehead atoms. The van der Waals surface area contributed by atoms with E-state index in [1.54, 1.807) is 13.8 Å². The van der Waals surface area contributed by atoms with Gasteiger partial charge in [-0.3, -0.25) is 9.05 Å². The number of hydrogen-bond acceptors (Lipinski definition) is 5. The van der Waals surface area contributed by atoms with Gasteiger partial charge < -0.3 is 4.89 Å². The molecule has 4 aliphatic rings. The Hall–Kier alpha value is 0.260. The van der Waals surface area contributed by atoms with Crippen LogP contribution in [0, 0.1) is 17.8 Å². The topological polar surface area (TPSA) is 94.1 Å². The van der Waals surface area contributed by atoms with Gasteiger partial charge in [-0.25, -0.2) is 14.2 Å². The minimum absolute atomic E-state index is 0.00271. The average molecular weight is 367 g/mol. The average Bonchev–Trinajstić information content (AvgIpc) is 2.34. The number of hydrogen-bond donors (Lipinski definition) is 2. The Balaban J connectivity index is 1.77. The van der Waals surface area contributed by atoms with Crippen LogP contribution in [0.25, 0.3) is 0 Å². The van der Waals surface area contributed by atoms with Crippen molar-refractivity contribution < 1.29 is 27.4 Å². The molecule has 0 spiro atoms. The van der Waals surface area contributed by atoms with Crippen molar-refractivity contribution in [3.63, 3.8) is 0 Å². The van der Waals surface area contributed by atoms with Gasteiger partial charge in [0.15, 0.2) is 0 Å². The van der Waals surface area contributed by atoms with Crippen molar-refractivity contribution in [2.75, 3.05) is 13.2 Å². The zero-order valence-corrected chi connectivity index (χ0v) is 15.6. The largest absolute Gasteiger partial charge is 0.480 e. The highest BCUT2D eigenvalue weighted by atomic mass is 31.3. The van der Waals surface area contributed by atoms with Gasteiger partial charge in [0.25, 0.3) is 0 Å². The predicted molar refractivity (Wildman–Crippen MR) is 85.8 cm³/mol. The summed E-state index contributed by atoms with van der Waals surface area (Å²) in [5, 5.41) is 3.05. The van der Waals surface area contributed by atoms with Gasteiger partial charge in [0.1, 0.15) is 0 Å². The zero-order chi connectivity index (χ0) is 16.7. The van der Waals surface area contributed by atoms with Crippen molar-refractivity contribution in [3.8, 4) is 0 Å². The molecule has 0 heterocycles. The third-order valence-corrected chi connectivity index (χ3v) is 8.83. The van der Waals surface area contributed by atoms with Crippen LogP contribution in [0.1, 0.15) is 52.4 Å². The maximum Gasteiger partial charge on any atom is 0.480 e. The van der Waals surface area contributed by atoms with Crippen LogP contribution < -0.4 is 5.09 Å². The SMILES string of the molecule is CCOP(=O)(O)OP(=O)(NC12CC3CC(CC(C3)C1)C2)OCC. The van der Waals surface area contributed by atoms with E-state index in [0.717, 1.165) is 19.3 Å². The maximum atomic E-state index is 13.0. The molecule has 23 heavy (non-hydrogen) atoms. The van der Waals surface area contributed by atoms with Crippen molar-refractivity contribution in [2.45, 2.75) is 57.9 Å². The molecule has 2 atom stereocenters. The van der Waals surface area contributed by atoms with Crippen LogP contribution in [0.5, 0.6) is 0 Å². The summed E-state index contributed by atoms with van der Waals surface area (Å²) in [7, 11) is -8.31. The molecule has 0 amide bonds. The second-order valence-corrected chi connectivity index (χ2v) is 10.5. The lowest BCUT2D eigenvalue weighted by atomic mass is 9.53. The summed E-state index contributed by atoms with van der Waals surface area (Å²) in [5.74, 6) is 1.95. The first kappa shape index (κ1) is 18.1. The normalized spacial score (nSPS) is 40.7. The lowest BCUT2D eigenvalue weighted by Gasteiger charge is -2.57. The quantitative estimate of drug-likeness (QED) is 0.630. The first-order valence-electron chi connectivity index (χ1n) is 8.50. The molecule has 0 aromatic heterocycles. The summed E-state index contributed by atoms with van der Waals surface area (Å²) in [6.45, 7) is 3.38. The van der Waals surface area contributed by atoms with Gasteiger partial charge in [-0.2, -0.15) is 4.31 Å². The molecule has 0 saturated heterocycles. The lowest BCUT2D eigenvalue weighted by Crippen LogP contribution is -2.57. The highest BCUT2D eigenvalue weighted by Gasteiger charge is 2.54. The molecular formula is C14H27NO6P2. The summed E-state index contributed by atoms with van der Waals surface area (Å²) in [6, 6.07) is 0. The summed E-state index contributed by atoms with van der Waals surface area (Å²) in [5.41, 5.74) is -0.300. The van der Waals surface area contributed by atoms with Crippen LogP contribution in [0.4, 0.5) is 0 Å². The van der Waals surface area contributed by atoms with Crippen LogP contribution in [0.3, 0.4) is 0 Å². The Bertz CT molecular complexity index is 504. The summed E-state index contributed by atoms with van der Waals surface area (Å²) in [4.78, 5) is 9.71. The van der Waals surface area contributed by atoms with E-state index in [1.807, 2.05) is 0 Å². The number of phosphoric acid groups is 1. The van der Waals surface area contributed by atoms with Crippen molar-refractivity contribution in [2.24, 2.45) is 17.8 Å². The second-order valence-electron chi connectivity index (χ2n) is 7.19. The van der Waals surface area contributed by atoms with Crippen LogP contribution in [0.15, 0.2) is 0 Å². The monoisotopic (exact) mass is 367 g/mol. The predicted octanol–water partition coefficient (Wildman–Crippen LogP) is 3.84. The Morgan fingerprint density at radius 1 is 1.00 bits per heavy atom. The minimum atomic E-state index is -4.40. The Morgan fingerprint density at radius 3 is 1.91 bits per heavy atom. The summed E-state index contributed by atoms with van der Waals surface area (Å²) >= 11 is 0. The van der Waals surface area contributed by atoms with E-state index in [1.165, 1.54) is 19.3 Å². The maximum absolute atomic E-state index is 13.0. The van der Waals surface area contributed by atoms with Gasteiger partial charge >= 0.3 is 15.6 Å². The molecule has 9 heteroatoms. The fourth-order valence-electron chi connectivity index (χ4n) is 5.11. The molecular weight excluding hydrogens is 340 g/mol. The van der Waals surface area contributed by atoms with Crippen molar-refractivity contribution in [1.82, 2.24) is 5.09 Å². The van der Waals surface area contributed by atoms with Gasteiger partial charge in [-0.05, 0) is 70.1 Å². The molecule has 2 unspecified atom stereocenters. The molecule has 0 aromatic rings. The van der Waals surface area contributed by atoms with Gasteiger partial charge in [-0.15, -0.1) is 0 Å². The Morgan fingerprint density at radius 2 is 1.48 bits per heavy atom. The molecule has 4 rings (SSSR count). The molecule has 4 aliphatic carbocycles. The fraction of sp³-hybridized carbons (Fsp3) is 1.00. The molecule has 0 radical (unpaired) electrons. The second kappa shape index (κ2) is 6.53. The first-order chi connectivity index (χ1) is 10.8. The highest BCUT2D eigenvalue weighted by Crippen LogP contribution is 2.64. The summed E-state index contributed by atoms with van der Waals surface area (Å²) in [6.07, 6.45) is 6.55. The molecule has 4 fully saturated rings. The Kier molecular flexibility index (Phi) is 5.13. The van der Waals surface area contributed by atoms with E-state index >= 15 is 0 Å². The highest BCUT2D eigenvalue weighted by molar-refractivity contribution is 7.63. The van der Waals surface area contributed by atoms with E-state index < -0.39 is 15.6 Å². The first-order valence-corrected chi connectivity index (χ1v) is 11.5. The van der Waals surface area contributed by atoms with Crippen molar-refractivity contribution in [3.05, 3.63) is 0 Å². The van der Waals surface area contributed by atoms with Crippen LogP contribution in [-0.2, 0) is 22.5 Å². The molecule has 4 saturated carbocycles. The van der Waals surface area contributed by atoms with Gasteiger partial charge in [0, 0.05) is 5.54 Å². The third kappa shape index (κ3) is 4.09. The van der Waals surface area contributed by atoms with Gasteiger partial charge in [-0.1, -0.05) is 0 Å². The smallest absolute Gasteiger partial charge is 0.302 e. The van der Waals surface area contributed by atoms with Gasteiger partial charge in [0.2, 0.25) is 0 Å². The minimum Gasteiger partial charge on any atom is -0.302 e. The van der Waals surface area contributed by atoms with Gasteiger partial charge in [0.05, 0.1) is 13.2 Å². The number of nitrogens with one attached hydrogen (secondary N) is 1. The van der Waals surface area contributed by atoms with Crippen molar-refractivity contribution in [1.29, 1.82) is 0 Å². The fourth-order valence-corrected chi connectivity index (χ4v) is 8.32. The van der Waals surface area contributed by atoms with E-state index in [4.69, 9.17) is 8.83 Å². The Labute approximate surface area is 137 Å². The molecule has 0 aliphatic heterocycles. The van der Waals surface area contributed by atoms with E-state index in [0.29, 0.717) is 17.8 Å². The lowest BCUT2D eigenvalue weighted by molar-refractivity contribution is -0.0122. The standard InChI is InChI=1S/C14H27NO6P2/c1-3-19-22(16,21-23(17,18)20-4-2)15-14-8-11-5-12(9-14)7-13(6-11)10-14/h11-13H,3-10H2,1-2H3,(H,15,16)(H,17,18). The van der Waals surface area contributed by atoms with Crippen LogP contribution in [0.2, 0.25) is 0 Å². The number of phosphoric ester groups is 1. The zero-order valence-electron chi connectivity index (χ0n) is 13.8. The van der Waals surface area contributed by atoms with Crippen LogP contribution in [-0.4, -0.2) is 23.6 Å². The number of rotatable bonds is 8. The molecule has 134 valence electrons. The van der Waals surface area contributed by atoms with E-state index in [-0.39, 0.29) is 18.8 Å². The molecule has 7 nitrogen and oxygen atoms in total. The van der Waals surface area contributed by atoms with E-state index in [2.05, 4.69) is 9.61 Å². The molecule has 2 N–H and O–H groups in total. The molecule has 0 aromatic carbocycles. The van der Waals surface area contributed by atoms with Crippen LogP contribution >= 0.6 is 15.6 Å². The third-order valence-electron chi connectivity index (χ3n) is 5.21. The van der Waals surface area contributed by atoms with Crippen molar-refractivity contribution >= 4 is 15.6 Å².